The first-order valence-electron chi connectivity index (χ1n) is 7.30. The van der Waals surface area contributed by atoms with Crippen LogP contribution in [0.25, 0.3) is 0 Å². The van der Waals surface area contributed by atoms with E-state index in [1.807, 2.05) is 0 Å². The minimum absolute atomic E-state index is 0.0448. The third-order valence-corrected chi connectivity index (χ3v) is 3.71. The number of hydrogen-bond donors (Lipinski definition) is 4. The highest BCUT2D eigenvalue weighted by Gasteiger charge is 2.21. The number of carbonyl (C=O) groups excluding carboxylic acids is 2. The SMILES string of the molecule is C#CC(=O)N1CCC(NCC(=O)Nc2cc(O)ccc2O)CC1. The van der Waals surface area contributed by atoms with Crippen LogP contribution in [0.3, 0.4) is 0 Å². The summed E-state index contributed by atoms with van der Waals surface area (Å²) in [4.78, 5) is 24.9. The molecule has 1 aliphatic heterocycles. The number of terminal acetylenes is 1. The fraction of sp³-hybridized carbons (Fsp3) is 0.375. The Bertz CT molecular complexity index is 631. The Labute approximate surface area is 134 Å². The Hall–Kier alpha value is -2.72. The number of phenols is 2. The molecular formula is C16H19N3O4. The van der Waals surface area contributed by atoms with Crippen molar-refractivity contribution >= 4 is 17.5 Å². The number of aromatic hydroxyl groups is 2. The van der Waals surface area contributed by atoms with Crippen molar-refractivity contribution in [1.82, 2.24) is 10.2 Å². The molecule has 0 saturated carbocycles. The van der Waals surface area contributed by atoms with Crippen molar-refractivity contribution in [1.29, 1.82) is 0 Å². The van der Waals surface area contributed by atoms with Crippen molar-refractivity contribution in [2.24, 2.45) is 0 Å². The van der Waals surface area contributed by atoms with E-state index in [0.717, 1.165) is 12.8 Å². The molecule has 2 rings (SSSR count). The van der Waals surface area contributed by atoms with Gasteiger partial charge in [0.2, 0.25) is 5.91 Å². The van der Waals surface area contributed by atoms with Gasteiger partial charge in [0.15, 0.2) is 0 Å². The van der Waals surface area contributed by atoms with Gasteiger partial charge in [-0.25, -0.2) is 0 Å². The molecule has 0 radical (unpaired) electrons. The van der Waals surface area contributed by atoms with Crippen molar-refractivity contribution in [2.45, 2.75) is 18.9 Å². The molecule has 0 aliphatic carbocycles. The summed E-state index contributed by atoms with van der Waals surface area (Å²) in [7, 11) is 0. The number of piperidine rings is 1. The maximum absolute atomic E-state index is 11.9. The fourth-order valence-electron chi connectivity index (χ4n) is 2.43. The normalized spacial score (nSPS) is 15.0. The van der Waals surface area contributed by atoms with Gasteiger partial charge in [0.25, 0.3) is 5.91 Å². The number of hydrogen-bond acceptors (Lipinski definition) is 5. The number of nitrogens with one attached hydrogen (secondary N) is 2. The lowest BCUT2D eigenvalue weighted by atomic mass is 10.1. The van der Waals surface area contributed by atoms with Crippen LogP contribution in [0.2, 0.25) is 0 Å². The topological polar surface area (TPSA) is 102 Å². The van der Waals surface area contributed by atoms with Crippen molar-refractivity contribution in [3.63, 3.8) is 0 Å². The molecule has 0 bridgehead atoms. The molecule has 23 heavy (non-hydrogen) atoms. The van der Waals surface area contributed by atoms with Gasteiger partial charge in [-0.1, -0.05) is 0 Å². The molecule has 7 nitrogen and oxygen atoms in total. The van der Waals surface area contributed by atoms with Gasteiger partial charge >= 0.3 is 0 Å². The van der Waals surface area contributed by atoms with E-state index >= 15 is 0 Å². The Morgan fingerprint density at radius 2 is 2.00 bits per heavy atom. The average molecular weight is 317 g/mol. The number of amides is 2. The summed E-state index contributed by atoms with van der Waals surface area (Å²) in [5, 5.41) is 24.6. The second-order valence-electron chi connectivity index (χ2n) is 5.34. The van der Waals surface area contributed by atoms with E-state index < -0.39 is 0 Å². The van der Waals surface area contributed by atoms with Crippen molar-refractivity contribution in [3.8, 4) is 23.8 Å². The largest absolute Gasteiger partial charge is 0.508 e. The molecular weight excluding hydrogens is 298 g/mol. The van der Waals surface area contributed by atoms with E-state index in [0.29, 0.717) is 13.1 Å². The number of benzene rings is 1. The predicted octanol–water partition coefficient (Wildman–Crippen LogP) is 0.250. The van der Waals surface area contributed by atoms with Crippen LogP contribution in [-0.4, -0.2) is 52.6 Å². The summed E-state index contributed by atoms with van der Waals surface area (Å²) in [5.74, 6) is 1.31. The highest BCUT2D eigenvalue weighted by molar-refractivity contribution is 5.94. The number of likely N-dealkylation sites (tertiary alicyclic amines) is 1. The van der Waals surface area contributed by atoms with Gasteiger partial charge in [-0.2, -0.15) is 0 Å². The molecule has 1 aliphatic rings. The van der Waals surface area contributed by atoms with Gasteiger partial charge in [-0.15, -0.1) is 6.42 Å². The fourth-order valence-corrected chi connectivity index (χ4v) is 2.43. The Kier molecular flexibility index (Phi) is 5.44. The molecule has 1 saturated heterocycles. The van der Waals surface area contributed by atoms with Gasteiger partial charge in [-0.05, 0) is 30.9 Å². The maximum atomic E-state index is 11.9. The van der Waals surface area contributed by atoms with Crippen LogP contribution >= 0.6 is 0 Å². The zero-order valence-electron chi connectivity index (χ0n) is 12.6. The van der Waals surface area contributed by atoms with Crippen LogP contribution in [0.15, 0.2) is 18.2 Å². The van der Waals surface area contributed by atoms with Crippen molar-refractivity contribution in [3.05, 3.63) is 18.2 Å². The lowest BCUT2D eigenvalue weighted by Crippen LogP contribution is -2.46. The van der Waals surface area contributed by atoms with Crippen LogP contribution in [0.4, 0.5) is 5.69 Å². The summed E-state index contributed by atoms with van der Waals surface area (Å²) in [6.07, 6.45) is 6.52. The molecule has 0 aromatic heterocycles. The van der Waals surface area contributed by atoms with Crippen molar-refractivity contribution < 1.29 is 19.8 Å². The average Bonchev–Trinajstić information content (AvgIpc) is 2.56. The third-order valence-electron chi connectivity index (χ3n) is 3.71. The molecule has 122 valence electrons. The number of rotatable bonds is 4. The summed E-state index contributed by atoms with van der Waals surface area (Å²) in [5.41, 5.74) is 0.159. The molecule has 1 fully saturated rings. The quantitative estimate of drug-likeness (QED) is 0.362. The summed E-state index contributed by atoms with van der Waals surface area (Å²) >= 11 is 0. The lowest BCUT2D eigenvalue weighted by molar-refractivity contribution is -0.126. The van der Waals surface area contributed by atoms with Crippen LogP contribution < -0.4 is 10.6 Å². The van der Waals surface area contributed by atoms with E-state index in [4.69, 9.17) is 6.42 Å². The number of anilines is 1. The number of nitrogens with zero attached hydrogens (tertiary/aromatic N) is 1. The highest BCUT2D eigenvalue weighted by atomic mass is 16.3. The number of phenolic OH excluding ortho intramolecular Hbond substituents is 2. The monoisotopic (exact) mass is 317 g/mol. The van der Waals surface area contributed by atoms with Crippen LogP contribution in [0, 0.1) is 12.3 Å². The summed E-state index contributed by atoms with van der Waals surface area (Å²) < 4.78 is 0. The van der Waals surface area contributed by atoms with Gasteiger partial charge in [0.05, 0.1) is 12.2 Å². The molecule has 4 N–H and O–H groups in total. The summed E-state index contributed by atoms with van der Waals surface area (Å²) in [6.45, 7) is 1.20. The second kappa shape index (κ2) is 7.51. The molecule has 1 heterocycles. The van der Waals surface area contributed by atoms with Crippen LogP contribution in [-0.2, 0) is 9.59 Å². The zero-order chi connectivity index (χ0) is 16.8. The number of carbonyl (C=O) groups is 2. The molecule has 0 spiro atoms. The molecule has 7 heteroatoms. The smallest absolute Gasteiger partial charge is 0.298 e. The van der Waals surface area contributed by atoms with Gasteiger partial charge in [0, 0.05) is 25.2 Å². The minimum atomic E-state index is -0.326. The third kappa shape index (κ3) is 4.63. The molecule has 0 atom stereocenters. The first-order valence-corrected chi connectivity index (χ1v) is 7.30. The van der Waals surface area contributed by atoms with E-state index in [-0.39, 0.29) is 41.6 Å². The summed E-state index contributed by atoms with van der Waals surface area (Å²) in [6, 6.07) is 4.03. The van der Waals surface area contributed by atoms with E-state index in [1.165, 1.54) is 18.2 Å². The maximum Gasteiger partial charge on any atom is 0.298 e. The Balaban J connectivity index is 1.76. The van der Waals surface area contributed by atoms with E-state index in [2.05, 4.69) is 16.6 Å². The molecule has 1 aromatic carbocycles. The molecule has 1 aromatic rings. The first-order chi connectivity index (χ1) is 11.0. The standard InChI is InChI=1S/C16H19N3O4/c1-2-16(23)19-7-5-11(6-8-19)17-10-15(22)18-13-9-12(20)3-4-14(13)21/h1,3-4,9,11,17,20-21H,5-8,10H2,(H,18,22). The predicted molar refractivity (Wildman–Crippen MR) is 84.8 cm³/mol. The zero-order valence-corrected chi connectivity index (χ0v) is 12.6. The van der Waals surface area contributed by atoms with E-state index in [9.17, 15) is 19.8 Å². The Morgan fingerprint density at radius 1 is 1.30 bits per heavy atom. The minimum Gasteiger partial charge on any atom is -0.508 e. The van der Waals surface area contributed by atoms with Gasteiger partial charge < -0.3 is 25.7 Å². The van der Waals surface area contributed by atoms with Crippen LogP contribution in [0.5, 0.6) is 11.5 Å². The second-order valence-corrected chi connectivity index (χ2v) is 5.34. The van der Waals surface area contributed by atoms with Crippen LogP contribution in [0.1, 0.15) is 12.8 Å². The first kappa shape index (κ1) is 16.6. The lowest BCUT2D eigenvalue weighted by Gasteiger charge is -2.31. The Morgan fingerprint density at radius 3 is 2.65 bits per heavy atom. The van der Waals surface area contributed by atoms with E-state index in [1.54, 1.807) is 4.90 Å². The van der Waals surface area contributed by atoms with Crippen molar-refractivity contribution in [2.75, 3.05) is 25.0 Å². The van der Waals surface area contributed by atoms with Gasteiger partial charge in [-0.3, -0.25) is 9.59 Å². The van der Waals surface area contributed by atoms with Gasteiger partial charge in [0.1, 0.15) is 11.5 Å². The molecule has 2 amide bonds. The highest BCUT2D eigenvalue weighted by Crippen LogP contribution is 2.26. The molecule has 0 unspecified atom stereocenters.